The van der Waals surface area contributed by atoms with Crippen LogP contribution >= 0.6 is 0 Å². The van der Waals surface area contributed by atoms with E-state index in [0.717, 1.165) is 6.92 Å². The van der Waals surface area contributed by atoms with E-state index in [-0.39, 0.29) is 18.4 Å². The second kappa shape index (κ2) is 3.76. The van der Waals surface area contributed by atoms with Gasteiger partial charge in [-0.3, -0.25) is 4.79 Å². The fourth-order valence-electron chi connectivity index (χ4n) is 1.42. The quantitative estimate of drug-likeness (QED) is 0.729. The summed E-state index contributed by atoms with van der Waals surface area (Å²) in [5.74, 6) is -0.114. The van der Waals surface area contributed by atoms with Crippen LogP contribution in [-0.4, -0.2) is 42.7 Å². The number of carbonyl (C=O) groups is 1. The Kier molecular flexibility index (Phi) is 3.04. The molecule has 0 aliphatic carbocycles. The zero-order chi connectivity index (χ0) is 10.9. The van der Waals surface area contributed by atoms with Crippen LogP contribution in [0.15, 0.2) is 0 Å². The molecule has 0 bridgehead atoms. The fourth-order valence-corrected chi connectivity index (χ4v) is 1.42. The Hall–Kier alpha value is -0.780. The van der Waals surface area contributed by atoms with E-state index >= 15 is 0 Å². The van der Waals surface area contributed by atoms with E-state index in [1.165, 1.54) is 4.90 Å². The molecule has 0 aromatic heterocycles. The number of alkyl halides is 3. The monoisotopic (exact) mass is 210 g/mol. The molecule has 2 atom stereocenters. The van der Waals surface area contributed by atoms with Crippen LogP contribution in [0.5, 0.6) is 0 Å². The van der Waals surface area contributed by atoms with Crippen molar-refractivity contribution in [3.05, 3.63) is 0 Å². The van der Waals surface area contributed by atoms with Gasteiger partial charge < -0.3 is 10.2 Å². The van der Waals surface area contributed by atoms with Crippen LogP contribution in [0.25, 0.3) is 0 Å². The van der Waals surface area contributed by atoms with Gasteiger partial charge in [-0.1, -0.05) is 0 Å². The van der Waals surface area contributed by atoms with Crippen molar-refractivity contribution in [1.82, 2.24) is 10.2 Å². The average Bonchev–Trinajstić information content (AvgIpc) is 2.29. The highest BCUT2D eigenvalue weighted by molar-refractivity contribution is 5.78. The van der Waals surface area contributed by atoms with E-state index in [4.69, 9.17) is 0 Å². The van der Waals surface area contributed by atoms with Gasteiger partial charge in [0.2, 0.25) is 5.91 Å². The Bertz CT molecular complexity index is 229. The predicted molar refractivity (Wildman–Crippen MR) is 44.7 cm³/mol. The molecule has 0 aromatic rings. The molecule has 1 rings (SSSR count). The second-order valence-electron chi connectivity index (χ2n) is 3.61. The van der Waals surface area contributed by atoms with Crippen molar-refractivity contribution >= 4 is 5.91 Å². The van der Waals surface area contributed by atoms with Gasteiger partial charge in [0.05, 0.1) is 0 Å². The Labute approximate surface area is 80.3 Å². The SMILES string of the molecule is CC(NC1CC(=O)N(C)C1)C(F)(F)F. The van der Waals surface area contributed by atoms with Gasteiger partial charge in [0.25, 0.3) is 0 Å². The van der Waals surface area contributed by atoms with E-state index in [1.807, 2.05) is 0 Å². The van der Waals surface area contributed by atoms with Crippen molar-refractivity contribution < 1.29 is 18.0 Å². The van der Waals surface area contributed by atoms with Crippen molar-refractivity contribution in [2.24, 2.45) is 0 Å². The van der Waals surface area contributed by atoms with Gasteiger partial charge in [0.1, 0.15) is 6.04 Å². The van der Waals surface area contributed by atoms with E-state index in [0.29, 0.717) is 6.54 Å². The lowest BCUT2D eigenvalue weighted by atomic mass is 10.2. The number of carbonyl (C=O) groups excluding carboxylic acids is 1. The van der Waals surface area contributed by atoms with E-state index in [1.54, 1.807) is 7.05 Å². The van der Waals surface area contributed by atoms with Crippen molar-refractivity contribution in [1.29, 1.82) is 0 Å². The summed E-state index contributed by atoms with van der Waals surface area (Å²) < 4.78 is 36.4. The van der Waals surface area contributed by atoms with Crippen LogP contribution in [0.4, 0.5) is 13.2 Å². The number of amides is 1. The first-order valence-electron chi connectivity index (χ1n) is 4.37. The number of nitrogens with one attached hydrogen (secondary N) is 1. The molecular weight excluding hydrogens is 197 g/mol. The zero-order valence-corrected chi connectivity index (χ0v) is 8.06. The van der Waals surface area contributed by atoms with Crippen molar-refractivity contribution in [2.45, 2.75) is 31.6 Å². The number of hydrogen-bond donors (Lipinski definition) is 1. The van der Waals surface area contributed by atoms with Gasteiger partial charge in [0, 0.05) is 26.1 Å². The van der Waals surface area contributed by atoms with Gasteiger partial charge in [-0.15, -0.1) is 0 Å². The van der Waals surface area contributed by atoms with Crippen LogP contribution in [-0.2, 0) is 4.79 Å². The minimum Gasteiger partial charge on any atom is -0.344 e. The highest BCUT2D eigenvalue weighted by Gasteiger charge is 2.39. The summed E-state index contributed by atoms with van der Waals surface area (Å²) >= 11 is 0. The first-order chi connectivity index (χ1) is 6.30. The maximum atomic E-state index is 12.1. The summed E-state index contributed by atoms with van der Waals surface area (Å²) in [7, 11) is 1.59. The summed E-state index contributed by atoms with van der Waals surface area (Å²) in [5, 5.41) is 2.39. The summed E-state index contributed by atoms with van der Waals surface area (Å²) in [4.78, 5) is 12.5. The minimum absolute atomic E-state index is 0.114. The Balaban J connectivity index is 2.43. The molecule has 0 spiro atoms. The molecule has 1 amide bonds. The molecule has 2 unspecified atom stereocenters. The number of halogens is 3. The summed E-state index contributed by atoms with van der Waals surface area (Å²) in [5.41, 5.74) is 0. The number of likely N-dealkylation sites (N-methyl/N-ethyl adjacent to an activating group) is 1. The molecule has 1 N–H and O–H groups in total. The summed E-state index contributed by atoms with van der Waals surface area (Å²) in [6.45, 7) is 1.40. The molecule has 1 aliphatic heterocycles. The number of rotatable bonds is 2. The Morgan fingerprint density at radius 3 is 2.50 bits per heavy atom. The molecule has 1 saturated heterocycles. The highest BCUT2D eigenvalue weighted by Crippen LogP contribution is 2.21. The molecule has 6 heteroatoms. The van der Waals surface area contributed by atoms with Gasteiger partial charge in [-0.2, -0.15) is 13.2 Å². The molecule has 0 radical (unpaired) electrons. The largest absolute Gasteiger partial charge is 0.403 e. The maximum absolute atomic E-state index is 12.1. The average molecular weight is 210 g/mol. The fraction of sp³-hybridized carbons (Fsp3) is 0.875. The normalized spacial score (nSPS) is 25.6. The first kappa shape index (κ1) is 11.3. The lowest BCUT2D eigenvalue weighted by Gasteiger charge is -2.21. The van der Waals surface area contributed by atoms with Gasteiger partial charge in [-0.05, 0) is 6.92 Å². The van der Waals surface area contributed by atoms with Crippen LogP contribution < -0.4 is 5.32 Å². The van der Waals surface area contributed by atoms with Crippen LogP contribution in [0, 0.1) is 0 Å². The molecule has 0 aromatic carbocycles. The van der Waals surface area contributed by atoms with Crippen LogP contribution in [0.1, 0.15) is 13.3 Å². The number of hydrogen-bond acceptors (Lipinski definition) is 2. The van der Waals surface area contributed by atoms with Crippen molar-refractivity contribution in [3.8, 4) is 0 Å². The first-order valence-corrected chi connectivity index (χ1v) is 4.37. The third-order valence-electron chi connectivity index (χ3n) is 2.32. The smallest absolute Gasteiger partial charge is 0.344 e. The van der Waals surface area contributed by atoms with E-state index in [9.17, 15) is 18.0 Å². The Morgan fingerprint density at radius 1 is 1.57 bits per heavy atom. The van der Waals surface area contributed by atoms with Crippen molar-refractivity contribution in [3.63, 3.8) is 0 Å². The topological polar surface area (TPSA) is 32.3 Å². The summed E-state index contributed by atoms with van der Waals surface area (Å²) in [6, 6.07) is -1.95. The molecule has 82 valence electrons. The van der Waals surface area contributed by atoms with Crippen LogP contribution in [0.3, 0.4) is 0 Å². The number of nitrogens with zero attached hydrogens (tertiary/aromatic N) is 1. The molecule has 1 aliphatic rings. The third-order valence-corrected chi connectivity index (χ3v) is 2.32. The predicted octanol–water partition coefficient (Wildman–Crippen LogP) is 0.757. The molecule has 1 fully saturated rings. The van der Waals surface area contributed by atoms with Crippen LogP contribution in [0.2, 0.25) is 0 Å². The molecule has 14 heavy (non-hydrogen) atoms. The highest BCUT2D eigenvalue weighted by atomic mass is 19.4. The molecule has 3 nitrogen and oxygen atoms in total. The van der Waals surface area contributed by atoms with Gasteiger partial charge in [-0.25, -0.2) is 0 Å². The van der Waals surface area contributed by atoms with Gasteiger partial charge in [0.15, 0.2) is 0 Å². The minimum atomic E-state index is -4.25. The van der Waals surface area contributed by atoms with E-state index < -0.39 is 12.2 Å². The number of likely N-dealkylation sites (tertiary alicyclic amines) is 1. The third kappa shape index (κ3) is 2.60. The molecular formula is C8H13F3N2O. The summed E-state index contributed by atoms with van der Waals surface area (Å²) in [6.07, 6.45) is -4.10. The zero-order valence-electron chi connectivity index (χ0n) is 8.06. The molecule has 0 saturated carbocycles. The van der Waals surface area contributed by atoms with E-state index in [2.05, 4.69) is 5.32 Å². The molecule has 1 heterocycles. The lowest BCUT2D eigenvalue weighted by Crippen LogP contribution is -2.46. The van der Waals surface area contributed by atoms with Crippen molar-refractivity contribution in [2.75, 3.05) is 13.6 Å². The second-order valence-corrected chi connectivity index (χ2v) is 3.61. The van der Waals surface area contributed by atoms with Gasteiger partial charge >= 0.3 is 6.18 Å². The maximum Gasteiger partial charge on any atom is 0.403 e. The lowest BCUT2D eigenvalue weighted by molar-refractivity contribution is -0.153. The Morgan fingerprint density at radius 2 is 2.14 bits per heavy atom. The standard InChI is InChI=1S/C8H13F3N2O/c1-5(8(9,10)11)12-6-3-7(14)13(2)4-6/h5-6,12H,3-4H2,1-2H3.